The summed E-state index contributed by atoms with van der Waals surface area (Å²) in [6, 6.07) is 15.9. The van der Waals surface area contributed by atoms with E-state index in [2.05, 4.69) is 24.3 Å². The lowest BCUT2D eigenvalue weighted by atomic mass is 9.87. The molecule has 6 heteroatoms. The summed E-state index contributed by atoms with van der Waals surface area (Å²) in [5, 5.41) is 39.6. The third-order valence-corrected chi connectivity index (χ3v) is 5.47. The number of aryl methyl sites for hydroxylation is 2. The van der Waals surface area contributed by atoms with Gasteiger partial charge in [-0.05, 0) is 25.0 Å². The van der Waals surface area contributed by atoms with Crippen LogP contribution in [-0.2, 0) is 13.1 Å². The zero-order chi connectivity index (χ0) is 24.5. The minimum absolute atomic E-state index is 0.0744. The van der Waals surface area contributed by atoms with Gasteiger partial charge in [-0.25, -0.2) is 9.13 Å². The topological polar surface area (TPSA) is 103 Å². The van der Waals surface area contributed by atoms with E-state index in [9.17, 15) is 21.0 Å². The maximum Gasteiger partial charge on any atom is 0.169 e. The molecule has 0 bridgehead atoms. The smallest absolute Gasteiger partial charge is 0.169 e. The molecular weight excluding hydrogens is 420 g/mol. The lowest BCUT2D eigenvalue weighted by molar-refractivity contribution is -0.693. The molecule has 0 atom stereocenters. The standard InChI is InChI=1S/C28H22N6/c1-3-33-13-9-21(10-14-33)5-7-23-25(17-29)27(19-31)24(28(20-32)26(23)18-30)8-6-22-11-15-34(4-2)16-12-22/h5-16H,3-4H2,1-2H3/q+2/b7-5+,8-6+. The van der Waals surface area contributed by atoms with E-state index < -0.39 is 0 Å². The highest BCUT2D eigenvalue weighted by Crippen LogP contribution is 2.30. The van der Waals surface area contributed by atoms with Crippen molar-refractivity contribution in [3.8, 4) is 24.3 Å². The molecule has 0 spiro atoms. The lowest BCUT2D eigenvalue weighted by Crippen LogP contribution is -2.30. The van der Waals surface area contributed by atoms with Gasteiger partial charge in [0.05, 0.1) is 22.3 Å². The van der Waals surface area contributed by atoms with Crippen molar-refractivity contribution >= 4 is 24.3 Å². The van der Waals surface area contributed by atoms with Crippen molar-refractivity contribution in [2.24, 2.45) is 0 Å². The first-order chi connectivity index (χ1) is 16.6. The highest BCUT2D eigenvalue weighted by atomic mass is 14.9. The van der Waals surface area contributed by atoms with Crippen LogP contribution in [0.3, 0.4) is 0 Å². The summed E-state index contributed by atoms with van der Waals surface area (Å²) in [5.74, 6) is 0. The largest absolute Gasteiger partial charge is 0.205 e. The van der Waals surface area contributed by atoms with Crippen molar-refractivity contribution in [3.05, 3.63) is 93.6 Å². The summed E-state index contributed by atoms with van der Waals surface area (Å²) < 4.78 is 4.02. The maximum atomic E-state index is 9.89. The third-order valence-electron chi connectivity index (χ3n) is 5.47. The molecule has 0 amide bonds. The van der Waals surface area contributed by atoms with E-state index in [1.807, 2.05) is 72.0 Å². The minimum atomic E-state index is 0.0744. The first-order valence-electron chi connectivity index (χ1n) is 10.8. The molecule has 1 aromatic carbocycles. The Hall–Kier alpha value is -5.04. The molecule has 0 aliphatic rings. The number of rotatable bonds is 6. The molecule has 0 fully saturated rings. The number of benzene rings is 1. The molecule has 2 aromatic heterocycles. The first kappa shape index (κ1) is 23.6. The van der Waals surface area contributed by atoms with Gasteiger partial charge in [0.15, 0.2) is 24.8 Å². The van der Waals surface area contributed by atoms with Gasteiger partial charge < -0.3 is 0 Å². The van der Waals surface area contributed by atoms with Gasteiger partial charge in [-0.3, -0.25) is 0 Å². The van der Waals surface area contributed by atoms with Crippen LogP contribution in [0.1, 0.15) is 58.4 Å². The van der Waals surface area contributed by atoms with Crippen LogP contribution >= 0.6 is 0 Å². The SMILES string of the molecule is CC[n+]1ccc(/C=C/c2c(C#N)c(C#N)c(/C=C/c3cc[n+](CC)cc3)c(C#N)c2C#N)cc1. The van der Waals surface area contributed by atoms with Crippen LogP contribution in [-0.4, -0.2) is 0 Å². The third kappa shape index (κ3) is 4.89. The quantitative estimate of drug-likeness (QED) is 0.536. The van der Waals surface area contributed by atoms with Crippen LogP contribution in [0.15, 0.2) is 49.1 Å². The maximum absolute atomic E-state index is 9.89. The number of nitrogens with zero attached hydrogens (tertiary/aromatic N) is 6. The normalized spacial score (nSPS) is 10.5. The predicted octanol–water partition coefficient (Wildman–Crippen LogP) is 4.13. The Balaban J connectivity index is 2.17. The van der Waals surface area contributed by atoms with Crippen molar-refractivity contribution in [1.82, 2.24) is 0 Å². The predicted molar refractivity (Wildman–Crippen MR) is 128 cm³/mol. The van der Waals surface area contributed by atoms with Crippen LogP contribution < -0.4 is 9.13 Å². The van der Waals surface area contributed by atoms with E-state index >= 15 is 0 Å². The van der Waals surface area contributed by atoms with Crippen LogP contribution in [0, 0.1) is 45.3 Å². The van der Waals surface area contributed by atoms with Crippen molar-refractivity contribution in [3.63, 3.8) is 0 Å². The van der Waals surface area contributed by atoms with E-state index in [-0.39, 0.29) is 33.4 Å². The molecule has 2 heterocycles. The van der Waals surface area contributed by atoms with Gasteiger partial charge in [-0.15, -0.1) is 0 Å². The Morgan fingerprint density at radius 1 is 0.559 bits per heavy atom. The van der Waals surface area contributed by atoms with Crippen LogP contribution in [0.25, 0.3) is 24.3 Å². The van der Waals surface area contributed by atoms with Gasteiger partial charge in [0.2, 0.25) is 0 Å². The average molecular weight is 443 g/mol. The average Bonchev–Trinajstić information content (AvgIpc) is 2.90. The Kier molecular flexibility index (Phi) is 7.65. The fraction of sp³-hybridized carbons (Fsp3) is 0.143. The second-order valence-corrected chi connectivity index (χ2v) is 7.37. The summed E-state index contributed by atoms with van der Waals surface area (Å²) >= 11 is 0. The van der Waals surface area contributed by atoms with Crippen molar-refractivity contribution in [2.75, 3.05) is 0 Å². The zero-order valence-electron chi connectivity index (χ0n) is 19.0. The number of aromatic nitrogens is 2. The van der Waals surface area contributed by atoms with Crippen LogP contribution in [0.2, 0.25) is 0 Å². The molecule has 6 nitrogen and oxygen atoms in total. The number of pyridine rings is 2. The Labute approximate surface area is 199 Å². The Morgan fingerprint density at radius 3 is 1.09 bits per heavy atom. The van der Waals surface area contributed by atoms with E-state index in [1.165, 1.54) is 0 Å². The molecule has 0 aliphatic carbocycles. The lowest BCUT2D eigenvalue weighted by Gasteiger charge is -2.11. The van der Waals surface area contributed by atoms with Gasteiger partial charge in [-0.1, -0.05) is 24.3 Å². The molecule has 162 valence electrons. The molecule has 0 saturated carbocycles. The number of nitriles is 4. The fourth-order valence-electron chi connectivity index (χ4n) is 3.53. The molecule has 3 rings (SSSR count). The second kappa shape index (κ2) is 11.0. The van der Waals surface area contributed by atoms with Crippen LogP contribution in [0.4, 0.5) is 0 Å². The molecule has 0 unspecified atom stereocenters. The first-order valence-corrected chi connectivity index (χ1v) is 10.8. The van der Waals surface area contributed by atoms with Gasteiger partial charge >= 0.3 is 0 Å². The minimum Gasteiger partial charge on any atom is -0.205 e. The number of hydrogen-bond acceptors (Lipinski definition) is 4. The summed E-state index contributed by atoms with van der Waals surface area (Å²) in [5.41, 5.74) is 2.57. The summed E-state index contributed by atoms with van der Waals surface area (Å²) in [7, 11) is 0. The van der Waals surface area contributed by atoms with Gasteiger partial charge in [0, 0.05) is 35.4 Å². The molecular formula is C28H22N6+2. The van der Waals surface area contributed by atoms with E-state index in [0.29, 0.717) is 0 Å². The van der Waals surface area contributed by atoms with Crippen molar-refractivity contribution < 1.29 is 9.13 Å². The summed E-state index contributed by atoms with van der Waals surface area (Å²) in [6.45, 7) is 5.76. The van der Waals surface area contributed by atoms with Gasteiger partial charge in [0.1, 0.15) is 37.4 Å². The molecule has 34 heavy (non-hydrogen) atoms. The van der Waals surface area contributed by atoms with Crippen LogP contribution in [0.5, 0.6) is 0 Å². The molecule has 3 aromatic rings. The van der Waals surface area contributed by atoms with E-state index in [1.54, 1.807) is 24.3 Å². The molecule has 0 saturated heterocycles. The second-order valence-electron chi connectivity index (χ2n) is 7.37. The molecule has 0 radical (unpaired) electrons. The Bertz CT molecular complexity index is 1270. The molecule has 0 N–H and O–H groups in total. The highest BCUT2D eigenvalue weighted by Gasteiger charge is 2.22. The summed E-state index contributed by atoms with van der Waals surface area (Å²) in [6.07, 6.45) is 14.5. The zero-order valence-corrected chi connectivity index (χ0v) is 19.0. The Morgan fingerprint density at radius 2 is 0.853 bits per heavy atom. The van der Waals surface area contributed by atoms with Crippen molar-refractivity contribution in [1.29, 1.82) is 21.0 Å². The van der Waals surface area contributed by atoms with Gasteiger partial charge in [0.25, 0.3) is 0 Å². The fourth-order valence-corrected chi connectivity index (χ4v) is 3.53. The van der Waals surface area contributed by atoms with Crippen molar-refractivity contribution in [2.45, 2.75) is 26.9 Å². The monoisotopic (exact) mass is 442 g/mol. The van der Waals surface area contributed by atoms with E-state index in [0.717, 1.165) is 24.2 Å². The highest BCUT2D eigenvalue weighted by molar-refractivity contribution is 5.86. The number of hydrogen-bond donors (Lipinski definition) is 0. The summed E-state index contributed by atoms with van der Waals surface area (Å²) in [4.78, 5) is 0. The van der Waals surface area contributed by atoms with Gasteiger partial charge in [-0.2, -0.15) is 21.0 Å². The van der Waals surface area contributed by atoms with E-state index in [4.69, 9.17) is 0 Å². The molecule has 0 aliphatic heterocycles.